The number of carbonyl (C=O) groups is 1. The minimum absolute atomic E-state index is 0.0175. The van der Waals surface area contributed by atoms with Gasteiger partial charge in [-0.25, -0.2) is 4.98 Å². The molecule has 2 fully saturated rings. The van der Waals surface area contributed by atoms with Gasteiger partial charge in [0, 0.05) is 31.3 Å². The highest BCUT2D eigenvalue weighted by Gasteiger charge is 2.30. The van der Waals surface area contributed by atoms with Gasteiger partial charge < -0.3 is 15.0 Å². The van der Waals surface area contributed by atoms with Crippen molar-refractivity contribution in [3.8, 4) is 5.69 Å². The highest BCUT2D eigenvalue weighted by atomic mass is 35.5. The van der Waals surface area contributed by atoms with E-state index in [9.17, 15) is 4.79 Å². The van der Waals surface area contributed by atoms with E-state index in [0.717, 1.165) is 68.0 Å². The molecule has 0 radical (unpaired) electrons. The minimum atomic E-state index is 0.0175. The molecule has 0 bridgehead atoms. The number of anilines is 1. The number of hydrogen-bond donors (Lipinski definition) is 1. The largest absolute Gasteiger partial charge is 0.379 e. The van der Waals surface area contributed by atoms with Crippen LogP contribution < -0.4 is 10.2 Å². The average Bonchev–Trinajstić information content (AvgIpc) is 3.47. The van der Waals surface area contributed by atoms with E-state index in [1.165, 1.54) is 5.56 Å². The van der Waals surface area contributed by atoms with Gasteiger partial charge >= 0.3 is 0 Å². The molecule has 1 amide bonds. The molecule has 2 saturated heterocycles. The Morgan fingerprint density at radius 2 is 1.83 bits per heavy atom. The molecule has 1 aromatic heterocycles. The highest BCUT2D eigenvalue weighted by Crippen LogP contribution is 2.34. The van der Waals surface area contributed by atoms with Gasteiger partial charge in [-0.3, -0.25) is 9.36 Å². The van der Waals surface area contributed by atoms with E-state index in [0.29, 0.717) is 22.6 Å². The van der Waals surface area contributed by atoms with E-state index in [1.807, 2.05) is 12.1 Å². The summed E-state index contributed by atoms with van der Waals surface area (Å²) < 4.78 is 7.55. The molecular weight excluding hydrogens is 483 g/mol. The monoisotopic (exact) mass is 514 g/mol. The first kappa shape index (κ1) is 24.4. The van der Waals surface area contributed by atoms with E-state index >= 15 is 0 Å². The van der Waals surface area contributed by atoms with Crippen LogP contribution in [0.15, 0.2) is 36.4 Å². The molecule has 2 aromatic carbocycles. The Kier molecular flexibility index (Phi) is 7.24. The topological polar surface area (TPSA) is 59.4 Å². The number of nitrogens with one attached hydrogen (secondary N) is 1. The summed E-state index contributed by atoms with van der Waals surface area (Å²) in [6, 6.07) is 12.5. The lowest BCUT2D eigenvalue weighted by Crippen LogP contribution is -2.44. The molecule has 0 spiro atoms. The van der Waals surface area contributed by atoms with E-state index < -0.39 is 0 Å². The fourth-order valence-electron chi connectivity index (χ4n) is 5.09. The van der Waals surface area contributed by atoms with Gasteiger partial charge in [-0.15, -0.1) is 0 Å². The second-order valence-corrected chi connectivity index (χ2v) is 10.9. The van der Waals surface area contributed by atoms with Crippen LogP contribution >= 0.6 is 23.2 Å². The molecular formula is C27H32Cl2N4O2. The molecule has 0 saturated carbocycles. The summed E-state index contributed by atoms with van der Waals surface area (Å²) in [5.74, 6) is 1.63. The third-order valence-electron chi connectivity index (χ3n) is 6.94. The number of rotatable bonds is 6. The maximum absolute atomic E-state index is 12.8. The Labute approximate surface area is 216 Å². The molecule has 0 unspecified atom stereocenters. The summed E-state index contributed by atoms with van der Waals surface area (Å²) in [6.45, 7) is 7.33. The van der Waals surface area contributed by atoms with Crippen LogP contribution in [0.25, 0.3) is 16.7 Å². The lowest BCUT2D eigenvalue weighted by molar-refractivity contribution is -0.126. The average molecular weight is 515 g/mol. The third kappa shape index (κ3) is 5.30. The number of fused-ring (bicyclic) bond motifs is 1. The Morgan fingerprint density at radius 1 is 1.11 bits per heavy atom. The van der Waals surface area contributed by atoms with Crippen LogP contribution in [0.3, 0.4) is 0 Å². The third-order valence-corrected chi connectivity index (χ3v) is 7.66. The van der Waals surface area contributed by atoms with Crippen molar-refractivity contribution < 1.29 is 9.53 Å². The Hall–Kier alpha value is -2.28. The molecule has 6 nitrogen and oxygen atoms in total. The maximum Gasteiger partial charge on any atom is 0.223 e. The summed E-state index contributed by atoms with van der Waals surface area (Å²) in [5.41, 5.74) is 4.08. The molecule has 1 atom stereocenters. The second kappa shape index (κ2) is 10.4. The Morgan fingerprint density at radius 3 is 2.49 bits per heavy atom. The molecule has 8 heteroatoms. The van der Waals surface area contributed by atoms with Crippen LogP contribution in [0.5, 0.6) is 0 Å². The van der Waals surface area contributed by atoms with Crippen molar-refractivity contribution >= 4 is 46.1 Å². The Balaban J connectivity index is 1.41. The maximum atomic E-state index is 12.8. The zero-order valence-electron chi connectivity index (χ0n) is 20.3. The molecule has 2 aliphatic rings. The standard InChI is InChI=1S/C27H32Cl2N4O2/c1-17(2)13-18-3-5-21(6-4-18)33-25-15-23(29)22(28)14-24(25)31-27(33)32-10-7-19(8-11-32)26(34)30-20-9-12-35-16-20/h3-6,14-15,17,19-20H,7-13,16H2,1-2H3,(H,30,34)/t20-/m1/s1. The normalized spacial score (nSPS) is 19.1. The molecule has 0 aliphatic carbocycles. The first-order valence-corrected chi connectivity index (χ1v) is 13.2. The second-order valence-electron chi connectivity index (χ2n) is 10.1. The molecule has 5 rings (SSSR count). The van der Waals surface area contributed by atoms with Gasteiger partial charge in [-0.05, 0) is 61.4 Å². The molecule has 35 heavy (non-hydrogen) atoms. The number of imidazole rings is 1. The van der Waals surface area contributed by atoms with Crippen molar-refractivity contribution in [1.82, 2.24) is 14.9 Å². The van der Waals surface area contributed by atoms with Gasteiger partial charge in [-0.1, -0.05) is 49.2 Å². The van der Waals surface area contributed by atoms with Gasteiger partial charge in [-0.2, -0.15) is 0 Å². The minimum Gasteiger partial charge on any atom is -0.379 e. The van der Waals surface area contributed by atoms with Crippen molar-refractivity contribution in [2.45, 2.75) is 45.6 Å². The van der Waals surface area contributed by atoms with Crippen LogP contribution in [0.1, 0.15) is 38.7 Å². The van der Waals surface area contributed by atoms with Gasteiger partial charge in [0.05, 0.1) is 33.7 Å². The van der Waals surface area contributed by atoms with Crippen LogP contribution in [0, 0.1) is 11.8 Å². The fourth-order valence-corrected chi connectivity index (χ4v) is 5.40. The first-order valence-electron chi connectivity index (χ1n) is 12.5. The van der Waals surface area contributed by atoms with Gasteiger partial charge in [0.25, 0.3) is 0 Å². The van der Waals surface area contributed by atoms with E-state index in [-0.39, 0.29) is 17.9 Å². The number of nitrogens with zero attached hydrogens (tertiary/aromatic N) is 3. The zero-order chi connectivity index (χ0) is 24.5. The molecule has 3 aromatic rings. The molecule has 2 aliphatic heterocycles. The van der Waals surface area contributed by atoms with Crippen molar-refractivity contribution in [1.29, 1.82) is 0 Å². The van der Waals surface area contributed by atoms with E-state index in [4.69, 9.17) is 32.9 Å². The number of piperidine rings is 1. The molecule has 3 heterocycles. The summed E-state index contributed by atoms with van der Waals surface area (Å²) in [5, 5.41) is 4.16. The smallest absolute Gasteiger partial charge is 0.223 e. The van der Waals surface area contributed by atoms with Crippen molar-refractivity contribution in [3.63, 3.8) is 0 Å². The zero-order valence-corrected chi connectivity index (χ0v) is 21.8. The Bertz CT molecular complexity index is 1190. The number of hydrogen-bond acceptors (Lipinski definition) is 4. The van der Waals surface area contributed by atoms with Crippen LogP contribution in [0.2, 0.25) is 10.0 Å². The quantitative estimate of drug-likeness (QED) is 0.461. The number of benzene rings is 2. The van der Waals surface area contributed by atoms with Gasteiger partial charge in [0.2, 0.25) is 11.9 Å². The van der Waals surface area contributed by atoms with Crippen LogP contribution in [0.4, 0.5) is 5.95 Å². The number of carbonyl (C=O) groups excluding carboxylic acids is 1. The van der Waals surface area contributed by atoms with Crippen molar-refractivity contribution in [2.75, 3.05) is 31.2 Å². The van der Waals surface area contributed by atoms with Crippen LogP contribution in [-0.4, -0.2) is 47.8 Å². The lowest BCUT2D eigenvalue weighted by Gasteiger charge is -2.32. The lowest BCUT2D eigenvalue weighted by atomic mass is 9.95. The first-order chi connectivity index (χ1) is 16.9. The number of aromatic nitrogens is 2. The van der Waals surface area contributed by atoms with Gasteiger partial charge in [0.15, 0.2) is 0 Å². The van der Waals surface area contributed by atoms with Crippen molar-refractivity contribution in [3.05, 3.63) is 52.0 Å². The van der Waals surface area contributed by atoms with E-state index in [1.54, 1.807) is 0 Å². The fraction of sp³-hybridized carbons (Fsp3) is 0.481. The summed E-state index contributed by atoms with van der Waals surface area (Å²) in [6.07, 6.45) is 3.52. The molecule has 1 N–H and O–H groups in total. The number of ether oxygens (including phenoxy) is 1. The highest BCUT2D eigenvalue weighted by molar-refractivity contribution is 6.42. The summed E-state index contributed by atoms with van der Waals surface area (Å²) >= 11 is 12.7. The number of amides is 1. The van der Waals surface area contributed by atoms with Crippen molar-refractivity contribution in [2.24, 2.45) is 11.8 Å². The summed E-state index contributed by atoms with van der Waals surface area (Å²) in [7, 11) is 0. The summed E-state index contributed by atoms with van der Waals surface area (Å²) in [4.78, 5) is 20.0. The van der Waals surface area contributed by atoms with Crippen LogP contribution in [-0.2, 0) is 16.0 Å². The predicted molar refractivity (Wildman–Crippen MR) is 142 cm³/mol. The number of halogens is 2. The molecule has 186 valence electrons. The van der Waals surface area contributed by atoms with Gasteiger partial charge in [0.1, 0.15) is 0 Å². The predicted octanol–water partition coefficient (Wildman–Crippen LogP) is 5.65. The SMILES string of the molecule is CC(C)Cc1ccc(-n2c(N3CCC(C(=O)N[C@@H]4CCOC4)CC3)nc3cc(Cl)c(Cl)cc32)cc1. The van der Waals surface area contributed by atoms with E-state index in [2.05, 4.69) is 52.9 Å².